The van der Waals surface area contributed by atoms with Crippen molar-refractivity contribution in [2.24, 2.45) is 0 Å². The van der Waals surface area contributed by atoms with Crippen LogP contribution in [-0.4, -0.2) is 34.1 Å². The van der Waals surface area contributed by atoms with Crippen molar-refractivity contribution in [2.75, 3.05) is 0 Å². The van der Waals surface area contributed by atoms with Crippen LogP contribution in [0.2, 0.25) is 0 Å². The van der Waals surface area contributed by atoms with Gasteiger partial charge in [0.15, 0.2) is 5.11 Å². The number of carboxylic acid groups (broad SMARTS) is 1. The Hall–Kier alpha value is -3.26. The molecule has 0 aromatic heterocycles. The molecule has 2 aromatic rings. The van der Waals surface area contributed by atoms with Gasteiger partial charge in [-0.1, -0.05) is 42.5 Å². The molecule has 27 heavy (non-hydrogen) atoms. The van der Waals surface area contributed by atoms with Crippen molar-refractivity contribution in [1.29, 1.82) is 0 Å². The van der Waals surface area contributed by atoms with Crippen molar-refractivity contribution < 1.29 is 24.2 Å². The normalized spacial score (nSPS) is 11.1. The molecule has 0 aliphatic carbocycles. The number of hydrogen-bond donors (Lipinski definition) is 3. The van der Waals surface area contributed by atoms with Crippen molar-refractivity contribution >= 4 is 35.2 Å². The molecule has 0 aliphatic rings. The van der Waals surface area contributed by atoms with Crippen LogP contribution in [0.5, 0.6) is 5.75 Å². The molecule has 2 rings (SSSR count). The maximum Gasteiger partial charge on any atom is 0.326 e. The zero-order valence-electron chi connectivity index (χ0n) is 14.5. The summed E-state index contributed by atoms with van der Waals surface area (Å²) in [5.41, 5.74) is 0.915. The molecule has 7 nitrogen and oxygen atoms in total. The maximum absolute atomic E-state index is 12.4. The summed E-state index contributed by atoms with van der Waals surface area (Å²) in [5, 5.41) is 14.3. The van der Waals surface area contributed by atoms with Gasteiger partial charge >= 0.3 is 11.9 Å². The van der Waals surface area contributed by atoms with Crippen molar-refractivity contribution in [3.05, 3.63) is 65.7 Å². The molecule has 2 aromatic carbocycles. The van der Waals surface area contributed by atoms with E-state index in [-0.39, 0.29) is 22.8 Å². The molecule has 0 saturated heterocycles. The minimum absolute atomic E-state index is 0.0874. The quantitative estimate of drug-likeness (QED) is 0.396. The van der Waals surface area contributed by atoms with Crippen LogP contribution in [0.15, 0.2) is 54.6 Å². The topological polar surface area (TPSA) is 105 Å². The predicted octanol–water partition coefficient (Wildman–Crippen LogP) is 1.91. The van der Waals surface area contributed by atoms with Crippen molar-refractivity contribution in [2.45, 2.75) is 19.4 Å². The fourth-order valence-corrected chi connectivity index (χ4v) is 2.55. The first kappa shape index (κ1) is 20.1. The minimum Gasteiger partial charge on any atom is -0.480 e. The molecular weight excluding hydrogens is 368 g/mol. The van der Waals surface area contributed by atoms with Crippen molar-refractivity contribution in [3.8, 4) is 5.75 Å². The third kappa shape index (κ3) is 6.19. The monoisotopic (exact) mass is 386 g/mol. The molecule has 8 heteroatoms. The summed E-state index contributed by atoms with van der Waals surface area (Å²) in [6.07, 6.45) is 0.191. The molecule has 0 aliphatic heterocycles. The van der Waals surface area contributed by atoms with Crippen LogP contribution in [0.3, 0.4) is 0 Å². The summed E-state index contributed by atoms with van der Waals surface area (Å²) in [6, 6.07) is 14.2. The van der Waals surface area contributed by atoms with Gasteiger partial charge in [0.1, 0.15) is 11.8 Å². The first-order valence-corrected chi connectivity index (χ1v) is 8.43. The summed E-state index contributed by atoms with van der Waals surface area (Å²) >= 11 is 5.06. The van der Waals surface area contributed by atoms with Crippen molar-refractivity contribution in [1.82, 2.24) is 10.6 Å². The van der Waals surface area contributed by atoms with E-state index in [4.69, 9.17) is 17.0 Å². The lowest BCUT2D eigenvalue weighted by Gasteiger charge is -2.17. The number of rotatable bonds is 6. The van der Waals surface area contributed by atoms with E-state index in [9.17, 15) is 19.5 Å². The third-order valence-corrected chi connectivity index (χ3v) is 3.72. The second-order valence-electron chi connectivity index (χ2n) is 5.60. The Morgan fingerprint density at radius 1 is 1.07 bits per heavy atom. The van der Waals surface area contributed by atoms with Crippen LogP contribution in [0.4, 0.5) is 0 Å². The number of carbonyl (C=O) groups is 3. The summed E-state index contributed by atoms with van der Waals surface area (Å²) in [5.74, 6) is -2.20. The van der Waals surface area contributed by atoms with E-state index in [1.165, 1.54) is 19.1 Å². The largest absolute Gasteiger partial charge is 0.480 e. The van der Waals surface area contributed by atoms with Crippen LogP contribution in [0, 0.1) is 0 Å². The molecule has 0 spiro atoms. The smallest absolute Gasteiger partial charge is 0.326 e. The van der Waals surface area contributed by atoms with E-state index < -0.39 is 23.9 Å². The van der Waals surface area contributed by atoms with Crippen molar-refractivity contribution in [3.63, 3.8) is 0 Å². The summed E-state index contributed by atoms with van der Waals surface area (Å²) in [4.78, 5) is 35.0. The Balaban J connectivity index is 2.04. The zero-order chi connectivity index (χ0) is 19.8. The SMILES string of the molecule is CC(=O)Oc1ccccc1C(=O)NC(=S)NC(Cc1ccccc1)C(=O)O. The van der Waals surface area contributed by atoms with Crippen LogP contribution in [-0.2, 0) is 16.0 Å². The average Bonchev–Trinajstić information content (AvgIpc) is 2.61. The molecule has 140 valence electrons. The number of esters is 1. The number of benzene rings is 2. The van der Waals surface area contributed by atoms with Gasteiger partial charge < -0.3 is 15.2 Å². The predicted molar refractivity (Wildman–Crippen MR) is 103 cm³/mol. The number of aliphatic carboxylic acids is 1. The van der Waals surface area contributed by atoms with E-state index in [1.807, 2.05) is 6.07 Å². The first-order chi connectivity index (χ1) is 12.9. The van der Waals surface area contributed by atoms with Crippen LogP contribution in [0.1, 0.15) is 22.8 Å². The van der Waals surface area contributed by atoms with Gasteiger partial charge in [-0.2, -0.15) is 0 Å². The molecule has 0 heterocycles. The first-order valence-electron chi connectivity index (χ1n) is 8.03. The second kappa shape index (κ2) is 9.44. The Bertz CT molecular complexity index is 854. The van der Waals surface area contributed by atoms with Gasteiger partial charge in [-0.25, -0.2) is 4.79 Å². The molecule has 0 fully saturated rings. The highest BCUT2D eigenvalue weighted by Crippen LogP contribution is 2.18. The van der Waals surface area contributed by atoms with Gasteiger partial charge in [-0.15, -0.1) is 0 Å². The standard InChI is InChI=1S/C19H18N2O5S/c1-12(22)26-16-10-6-5-9-14(16)17(23)21-19(27)20-15(18(24)25)11-13-7-3-2-4-8-13/h2-10,15H,11H2,1H3,(H,24,25)(H2,20,21,23,27). The van der Waals surface area contributed by atoms with Gasteiger partial charge in [0.2, 0.25) is 0 Å². The number of ether oxygens (including phenoxy) is 1. The van der Waals surface area contributed by atoms with Crippen LogP contribution in [0.25, 0.3) is 0 Å². The number of amides is 1. The number of hydrogen-bond acceptors (Lipinski definition) is 5. The van der Waals surface area contributed by atoms with E-state index >= 15 is 0 Å². The average molecular weight is 386 g/mol. The van der Waals surface area contributed by atoms with Crippen LogP contribution >= 0.6 is 12.2 Å². The highest BCUT2D eigenvalue weighted by atomic mass is 32.1. The number of thiocarbonyl (C=S) groups is 1. The second-order valence-corrected chi connectivity index (χ2v) is 6.01. The maximum atomic E-state index is 12.4. The van der Waals surface area contributed by atoms with Gasteiger partial charge in [-0.05, 0) is 29.9 Å². The summed E-state index contributed by atoms with van der Waals surface area (Å²) in [6.45, 7) is 1.22. The Morgan fingerprint density at radius 2 is 1.70 bits per heavy atom. The summed E-state index contributed by atoms with van der Waals surface area (Å²) < 4.78 is 4.99. The van der Waals surface area contributed by atoms with Gasteiger partial charge in [-0.3, -0.25) is 14.9 Å². The number of carboxylic acids is 1. The van der Waals surface area contributed by atoms with E-state index in [1.54, 1.807) is 36.4 Å². The number of carbonyl (C=O) groups excluding carboxylic acids is 2. The Kier molecular flexibility index (Phi) is 7.01. The summed E-state index contributed by atoms with van der Waals surface area (Å²) in [7, 11) is 0. The van der Waals surface area contributed by atoms with E-state index in [2.05, 4.69) is 10.6 Å². The Morgan fingerprint density at radius 3 is 2.33 bits per heavy atom. The number of nitrogens with one attached hydrogen (secondary N) is 2. The highest BCUT2D eigenvalue weighted by molar-refractivity contribution is 7.80. The lowest BCUT2D eigenvalue weighted by atomic mass is 10.1. The van der Waals surface area contributed by atoms with Gasteiger partial charge in [0.05, 0.1) is 5.56 Å². The highest BCUT2D eigenvalue weighted by Gasteiger charge is 2.21. The minimum atomic E-state index is -1.10. The lowest BCUT2D eigenvalue weighted by Crippen LogP contribution is -2.48. The molecule has 1 amide bonds. The fraction of sp³-hybridized carbons (Fsp3) is 0.158. The lowest BCUT2D eigenvalue weighted by molar-refractivity contribution is -0.139. The van der Waals surface area contributed by atoms with Gasteiger partial charge in [0, 0.05) is 13.3 Å². The fourth-order valence-electron chi connectivity index (χ4n) is 2.31. The molecule has 0 saturated carbocycles. The molecule has 1 atom stereocenters. The number of para-hydroxylation sites is 1. The van der Waals surface area contributed by atoms with E-state index in [0.717, 1.165) is 5.56 Å². The molecule has 0 bridgehead atoms. The molecule has 0 radical (unpaired) electrons. The molecular formula is C19H18N2O5S. The molecule has 1 unspecified atom stereocenters. The Labute approximate surface area is 161 Å². The van der Waals surface area contributed by atoms with Gasteiger partial charge in [0.25, 0.3) is 5.91 Å². The van der Waals surface area contributed by atoms with E-state index in [0.29, 0.717) is 0 Å². The molecule has 3 N–H and O–H groups in total. The van der Waals surface area contributed by atoms with Crippen LogP contribution < -0.4 is 15.4 Å². The third-order valence-electron chi connectivity index (χ3n) is 3.50. The zero-order valence-corrected chi connectivity index (χ0v) is 15.3.